The van der Waals surface area contributed by atoms with Crippen LogP contribution in [-0.2, 0) is 5.60 Å². The molecule has 0 saturated carbocycles. The number of hydrogen-bond donors (Lipinski definition) is 0. The quantitative estimate of drug-likeness (QED) is 0.577. The number of alkyl halides is 3. The summed E-state index contributed by atoms with van der Waals surface area (Å²) >= 11 is 0. The van der Waals surface area contributed by atoms with E-state index in [-0.39, 0.29) is 11.7 Å². The summed E-state index contributed by atoms with van der Waals surface area (Å²) in [5.41, 5.74) is 2.00. The maximum Gasteiger partial charge on any atom is 0.422 e. The molecule has 32 heavy (non-hydrogen) atoms. The standard InChI is InChI=1S/C24H21F3N2O3/c25-24(26,27)16-31-18-9-7-17(8-10-18)22(30)28-14-11-23(12-15-28)21-6-3-13-29(21)19-4-1-2-5-20(19)32-23/h1-10,13H,11-12,14-16H2. The third-order valence-electron chi connectivity index (χ3n) is 6.01. The molecule has 3 aromatic rings. The summed E-state index contributed by atoms with van der Waals surface area (Å²) in [7, 11) is 0. The summed E-state index contributed by atoms with van der Waals surface area (Å²) < 4.78 is 50.2. The Labute approximate surface area is 183 Å². The number of fused-ring (bicyclic) bond motifs is 4. The second-order valence-electron chi connectivity index (χ2n) is 8.05. The molecule has 0 bridgehead atoms. The van der Waals surface area contributed by atoms with Gasteiger partial charge in [-0.3, -0.25) is 4.79 Å². The van der Waals surface area contributed by atoms with E-state index in [1.54, 1.807) is 4.90 Å². The van der Waals surface area contributed by atoms with Gasteiger partial charge in [-0.05, 0) is 48.5 Å². The summed E-state index contributed by atoms with van der Waals surface area (Å²) in [6.07, 6.45) is -1.09. The van der Waals surface area contributed by atoms with E-state index in [0.29, 0.717) is 31.5 Å². The van der Waals surface area contributed by atoms with Crippen molar-refractivity contribution in [3.05, 3.63) is 78.1 Å². The van der Waals surface area contributed by atoms with Gasteiger partial charge in [-0.1, -0.05) is 12.1 Å². The number of benzene rings is 2. The van der Waals surface area contributed by atoms with E-state index < -0.39 is 18.4 Å². The molecule has 1 aromatic heterocycles. The first-order valence-electron chi connectivity index (χ1n) is 10.4. The van der Waals surface area contributed by atoms with Crippen molar-refractivity contribution in [1.82, 2.24) is 9.47 Å². The van der Waals surface area contributed by atoms with Gasteiger partial charge in [0.05, 0.1) is 11.4 Å². The van der Waals surface area contributed by atoms with Crippen LogP contribution in [0.25, 0.3) is 5.69 Å². The molecule has 8 heteroatoms. The zero-order valence-corrected chi connectivity index (χ0v) is 17.1. The fourth-order valence-corrected chi connectivity index (χ4v) is 4.44. The monoisotopic (exact) mass is 442 g/mol. The van der Waals surface area contributed by atoms with Crippen molar-refractivity contribution in [2.24, 2.45) is 0 Å². The second kappa shape index (κ2) is 7.62. The van der Waals surface area contributed by atoms with Crippen LogP contribution < -0.4 is 9.47 Å². The van der Waals surface area contributed by atoms with Crippen molar-refractivity contribution in [2.75, 3.05) is 19.7 Å². The molecule has 0 radical (unpaired) electrons. The van der Waals surface area contributed by atoms with Crippen molar-refractivity contribution >= 4 is 5.91 Å². The van der Waals surface area contributed by atoms with Crippen molar-refractivity contribution < 1.29 is 27.4 Å². The summed E-state index contributed by atoms with van der Waals surface area (Å²) in [5, 5.41) is 0. The van der Waals surface area contributed by atoms with E-state index in [2.05, 4.69) is 10.6 Å². The van der Waals surface area contributed by atoms with E-state index in [1.165, 1.54) is 24.3 Å². The Morgan fingerprint density at radius 3 is 2.44 bits per heavy atom. The molecule has 166 valence electrons. The van der Waals surface area contributed by atoms with Crippen molar-refractivity contribution in [1.29, 1.82) is 0 Å². The van der Waals surface area contributed by atoms with Gasteiger partial charge in [0.25, 0.3) is 5.91 Å². The highest BCUT2D eigenvalue weighted by Crippen LogP contribution is 2.45. The normalized spacial score (nSPS) is 16.8. The largest absolute Gasteiger partial charge is 0.484 e. The molecule has 1 amide bonds. The lowest BCUT2D eigenvalue weighted by molar-refractivity contribution is -0.153. The van der Waals surface area contributed by atoms with Crippen LogP contribution in [0.5, 0.6) is 11.5 Å². The van der Waals surface area contributed by atoms with Gasteiger partial charge in [0, 0.05) is 37.7 Å². The zero-order valence-electron chi connectivity index (χ0n) is 17.1. The van der Waals surface area contributed by atoms with Crippen molar-refractivity contribution in [2.45, 2.75) is 24.6 Å². The minimum atomic E-state index is -4.40. The SMILES string of the molecule is O=C(c1ccc(OCC(F)(F)F)cc1)N1CCC2(CC1)Oc1ccccc1-n1cccc12. The van der Waals surface area contributed by atoms with Crippen LogP contribution in [-0.4, -0.2) is 41.2 Å². The molecular formula is C24H21F3N2O3. The van der Waals surface area contributed by atoms with Crippen LogP contribution in [0.2, 0.25) is 0 Å². The Morgan fingerprint density at radius 2 is 1.72 bits per heavy atom. The Morgan fingerprint density at radius 1 is 1.00 bits per heavy atom. The molecule has 0 unspecified atom stereocenters. The fourth-order valence-electron chi connectivity index (χ4n) is 4.44. The number of piperidine rings is 1. The Hall–Kier alpha value is -3.42. The number of carbonyl (C=O) groups excluding carboxylic acids is 1. The van der Waals surface area contributed by atoms with Gasteiger partial charge < -0.3 is 18.9 Å². The maximum atomic E-state index is 13.0. The highest BCUT2D eigenvalue weighted by molar-refractivity contribution is 5.94. The van der Waals surface area contributed by atoms with Gasteiger partial charge in [-0.2, -0.15) is 13.2 Å². The number of likely N-dealkylation sites (tertiary alicyclic amines) is 1. The van der Waals surface area contributed by atoms with E-state index in [9.17, 15) is 18.0 Å². The second-order valence-corrected chi connectivity index (χ2v) is 8.05. The van der Waals surface area contributed by atoms with Crippen molar-refractivity contribution in [3.8, 4) is 17.2 Å². The molecule has 0 atom stereocenters. The van der Waals surface area contributed by atoms with Crippen LogP contribution in [0.4, 0.5) is 13.2 Å². The predicted molar refractivity (Wildman–Crippen MR) is 111 cm³/mol. The maximum absolute atomic E-state index is 13.0. The summed E-state index contributed by atoms with van der Waals surface area (Å²) in [6, 6.07) is 17.7. The topological polar surface area (TPSA) is 43.7 Å². The summed E-state index contributed by atoms with van der Waals surface area (Å²) in [6.45, 7) is -0.337. The molecule has 2 aromatic carbocycles. The fraction of sp³-hybridized carbons (Fsp3) is 0.292. The Kier molecular flexibility index (Phi) is 4.87. The van der Waals surface area contributed by atoms with Gasteiger partial charge in [-0.15, -0.1) is 0 Å². The number of ether oxygens (including phenoxy) is 2. The number of halogens is 3. The molecule has 0 aliphatic carbocycles. The van der Waals surface area contributed by atoms with E-state index >= 15 is 0 Å². The highest BCUT2D eigenvalue weighted by atomic mass is 19.4. The minimum Gasteiger partial charge on any atom is -0.484 e. The molecule has 0 N–H and O–H groups in total. The van der Waals surface area contributed by atoms with Crippen LogP contribution >= 0.6 is 0 Å². The van der Waals surface area contributed by atoms with Crippen LogP contribution in [0.1, 0.15) is 28.9 Å². The first-order chi connectivity index (χ1) is 15.3. The highest BCUT2D eigenvalue weighted by Gasteiger charge is 2.44. The number of amides is 1. The molecule has 1 saturated heterocycles. The van der Waals surface area contributed by atoms with Gasteiger partial charge in [-0.25, -0.2) is 0 Å². The molecule has 1 fully saturated rings. The van der Waals surface area contributed by atoms with Gasteiger partial charge in [0.15, 0.2) is 12.2 Å². The van der Waals surface area contributed by atoms with Gasteiger partial charge in [0.2, 0.25) is 0 Å². The smallest absolute Gasteiger partial charge is 0.422 e. The number of hydrogen-bond acceptors (Lipinski definition) is 3. The first-order valence-corrected chi connectivity index (χ1v) is 10.4. The minimum absolute atomic E-state index is 0.0755. The lowest BCUT2D eigenvalue weighted by Crippen LogP contribution is -2.49. The molecule has 5 nitrogen and oxygen atoms in total. The summed E-state index contributed by atoms with van der Waals surface area (Å²) in [5.74, 6) is 0.741. The Balaban J connectivity index is 1.28. The molecule has 2 aliphatic rings. The number of rotatable bonds is 3. The van der Waals surface area contributed by atoms with E-state index in [4.69, 9.17) is 9.47 Å². The molecule has 3 heterocycles. The number of para-hydroxylation sites is 2. The van der Waals surface area contributed by atoms with Crippen LogP contribution in [0.15, 0.2) is 66.9 Å². The lowest BCUT2D eigenvalue weighted by atomic mass is 9.86. The third kappa shape index (κ3) is 3.70. The average molecular weight is 442 g/mol. The third-order valence-corrected chi connectivity index (χ3v) is 6.01. The Bertz CT molecular complexity index is 1130. The number of carbonyl (C=O) groups is 1. The number of nitrogens with zero attached hydrogens (tertiary/aromatic N) is 2. The summed E-state index contributed by atoms with van der Waals surface area (Å²) in [4.78, 5) is 14.7. The zero-order chi connectivity index (χ0) is 22.3. The predicted octanol–water partition coefficient (Wildman–Crippen LogP) is 4.94. The van der Waals surface area contributed by atoms with Gasteiger partial charge >= 0.3 is 6.18 Å². The first kappa shape index (κ1) is 20.5. The molecular weight excluding hydrogens is 421 g/mol. The molecule has 5 rings (SSSR count). The number of aromatic nitrogens is 1. The molecule has 1 spiro atoms. The molecule has 2 aliphatic heterocycles. The lowest BCUT2D eigenvalue weighted by Gasteiger charge is -2.45. The average Bonchev–Trinajstić information content (AvgIpc) is 3.29. The van der Waals surface area contributed by atoms with Gasteiger partial charge in [0.1, 0.15) is 11.5 Å². The van der Waals surface area contributed by atoms with Crippen LogP contribution in [0, 0.1) is 0 Å². The van der Waals surface area contributed by atoms with Crippen molar-refractivity contribution in [3.63, 3.8) is 0 Å². The van der Waals surface area contributed by atoms with E-state index in [0.717, 1.165) is 17.1 Å². The van der Waals surface area contributed by atoms with Crippen LogP contribution in [0.3, 0.4) is 0 Å². The van der Waals surface area contributed by atoms with E-state index in [1.807, 2.05) is 36.5 Å².